The van der Waals surface area contributed by atoms with Crippen molar-refractivity contribution >= 4 is 22.7 Å². The van der Waals surface area contributed by atoms with Crippen LogP contribution in [0.2, 0.25) is 0 Å². The second kappa shape index (κ2) is 9.61. The molecule has 1 N–H and O–H groups in total. The summed E-state index contributed by atoms with van der Waals surface area (Å²) in [7, 11) is 0. The van der Waals surface area contributed by atoms with E-state index in [0.717, 1.165) is 30.0 Å². The van der Waals surface area contributed by atoms with Crippen LogP contribution in [0.3, 0.4) is 0 Å². The molecule has 0 spiro atoms. The Hall–Kier alpha value is -2.82. The number of ether oxygens (including phenoxy) is 2. The monoisotopic (exact) mass is 356 g/mol. The molecular formula is C21H24O5. The number of fused-ring (bicyclic) bond motifs is 1. The third-order valence-corrected chi connectivity index (χ3v) is 3.96. The lowest BCUT2D eigenvalue weighted by Gasteiger charge is -2.18. The summed E-state index contributed by atoms with van der Waals surface area (Å²) in [6, 6.07) is 10.4. The molecule has 0 aliphatic rings. The molecule has 0 aliphatic carbocycles. The minimum atomic E-state index is -0.950. The van der Waals surface area contributed by atoms with Crippen molar-refractivity contribution in [2.24, 2.45) is 0 Å². The van der Waals surface area contributed by atoms with E-state index >= 15 is 0 Å². The molecule has 1 unspecified atom stereocenters. The second-order valence-corrected chi connectivity index (χ2v) is 6.04. The van der Waals surface area contributed by atoms with Crippen molar-refractivity contribution in [3.8, 4) is 5.75 Å². The number of unbranched alkanes of at least 4 members (excludes halogenated alkanes) is 1. The summed E-state index contributed by atoms with van der Waals surface area (Å²) in [5.74, 6) is -0.657. The van der Waals surface area contributed by atoms with Crippen molar-refractivity contribution in [1.82, 2.24) is 0 Å². The third kappa shape index (κ3) is 5.62. The second-order valence-electron chi connectivity index (χ2n) is 6.04. The van der Waals surface area contributed by atoms with Crippen LogP contribution in [0.4, 0.5) is 0 Å². The first kappa shape index (κ1) is 19.5. The number of hydrogen-bond acceptors (Lipinski definition) is 4. The Labute approximate surface area is 153 Å². The van der Waals surface area contributed by atoms with Crippen molar-refractivity contribution in [3.05, 3.63) is 54.1 Å². The first-order valence-electron chi connectivity index (χ1n) is 8.76. The number of hydrogen-bond donors (Lipinski definition) is 1. The Kier molecular flexibility index (Phi) is 7.21. The van der Waals surface area contributed by atoms with E-state index in [0.29, 0.717) is 5.75 Å². The van der Waals surface area contributed by atoms with Gasteiger partial charge in [-0.2, -0.15) is 0 Å². The highest BCUT2D eigenvalue weighted by molar-refractivity contribution is 5.94. The number of rotatable bonds is 9. The van der Waals surface area contributed by atoms with Crippen LogP contribution in [0, 0.1) is 0 Å². The molecule has 0 heterocycles. The van der Waals surface area contributed by atoms with Gasteiger partial charge in [0.05, 0.1) is 5.56 Å². The minimum absolute atomic E-state index is 0.252. The van der Waals surface area contributed by atoms with Crippen molar-refractivity contribution in [2.75, 3.05) is 6.61 Å². The fraction of sp³-hybridized carbons (Fsp3) is 0.333. The molecule has 5 nitrogen and oxygen atoms in total. The molecular weight excluding hydrogens is 332 g/mol. The normalized spacial score (nSPS) is 12.2. The predicted molar refractivity (Wildman–Crippen MR) is 101 cm³/mol. The van der Waals surface area contributed by atoms with Gasteiger partial charge in [0.1, 0.15) is 18.5 Å². The van der Waals surface area contributed by atoms with E-state index in [1.807, 2.05) is 12.1 Å². The molecule has 5 heteroatoms. The highest BCUT2D eigenvalue weighted by atomic mass is 16.6. The summed E-state index contributed by atoms with van der Waals surface area (Å²) in [6.07, 6.45) is 5.45. The van der Waals surface area contributed by atoms with E-state index in [1.54, 1.807) is 37.3 Å². The SMILES string of the molecule is CC=CC(=O)OC(CCCC)COc1ccc2cc(C(=O)O)ccc2c1. The van der Waals surface area contributed by atoms with Crippen LogP contribution in [0.1, 0.15) is 43.5 Å². The van der Waals surface area contributed by atoms with Gasteiger partial charge < -0.3 is 14.6 Å². The van der Waals surface area contributed by atoms with Gasteiger partial charge in [-0.3, -0.25) is 0 Å². The molecule has 1 atom stereocenters. The van der Waals surface area contributed by atoms with E-state index in [-0.39, 0.29) is 24.2 Å². The first-order chi connectivity index (χ1) is 12.5. The van der Waals surface area contributed by atoms with Crippen LogP contribution in [0.15, 0.2) is 48.6 Å². The number of carbonyl (C=O) groups excluding carboxylic acids is 1. The molecule has 0 aliphatic heterocycles. The number of benzene rings is 2. The quantitative estimate of drug-likeness (QED) is 0.525. The van der Waals surface area contributed by atoms with Crippen LogP contribution in [0.5, 0.6) is 5.75 Å². The summed E-state index contributed by atoms with van der Waals surface area (Å²) >= 11 is 0. The van der Waals surface area contributed by atoms with E-state index in [1.165, 1.54) is 6.08 Å². The average molecular weight is 356 g/mol. The van der Waals surface area contributed by atoms with Crippen molar-refractivity contribution in [3.63, 3.8) is 0 Å². The minimum Gasteiger partial charge on any atom is -0.490 e. The van der Waals surface area contributed by atoms with Gasteiger partial charge in [-0.25, -0.2) is 9.59 Å². The Bertz CT molecular complexity index is 794. The van der Waals surface area contributed by atoms with Crippen molar-refractivity contribution < 1.29 is 24.2 Å². The fourth-order valence-electron chi connectivity index (χ4n) is 2.58. The molecule has 2 aromatic carbocycles. The topological polar surface area (TPSA) is 72.8 Å². The highest BCUT2D eigenvalue weighted by Gasteiger charge is 2.14. The molecule has 2 rings (SSSR count). The van der Waals surface area contributed by atoms with E-state index < -0.39 is 5.97 Å². The third-order valence-electron chi connectivity index (χ3n) is 3.96. The largest absolute Gasteiger partial charge is 0.490 e. The molecule has 0 fully saturated rings. The molecule has 0 amide bonds. The van der Waals surface area contributed by atoms with Gasteiger partial charge >= 0.3 is 11.9 Å². The predicted octanol–water partition coefficient (Wildman–Crippen LogP) is 4.59. The molecule has 0 bridgehead atoms. The van der Waals surface area contributed by atoms with Gasteiger partial charge in [0.25, 0.3) is 0 Å². The molecule has 0 radical (unpaired) electrons. The summed E-state index contributed by atoms with van der Waals surface area (Å²) in [5, 5.41) is 10.8. The lowest BCUT2D eigenvalue weighted by Crippen LogP contribution is -2.24. The fourth-order valence-corrected chi connectivity index (χ4v) is 2.58. The Balaban J connectivity index is 2.06. The zero-order valence-electron chi connectivity index (χ0n) is 15.1. The Morgan fingerprint density at radius 2 is 1.88 bits per heavy atom. The maximum absolute atomic E-state index is 11.7. The molecule has 0 saturated carbocycles. The first-order valence-corrected chi connectivity index (χ1v) is 8.76. The van der Waals surface area contributed by atoms with Gasteiger partial charge in [-0.1, -0.05) is 31.6 Å². The van der Waals surface area contributed by atoms with Crippen LogP contribution in [-0.2, 0) is 9.53 Å². The summed E-state index contributed by atoms with van der Waals surface area (Å²) in [6.45, 7) is 4.13. The highest BCUT2D eigenvalue weighted by Crippen LogP contribution is 2.23. The molecule has 138 valence electrons. The average Bonchev–Trinajstić information content (AvgIpc) is 2.63. The van der Waals surface area contributed by atoms with Gasteiger partial charge in [-0.05, 0) is 54.8 Å². The lowest BCUT2D eigenvalue weighted by atomic mass is 10.1. The zero-order chi connectivity index (χ0) is 18.9. The maximum Gasteiger partial charge on any atom is 0.335 e. The van der Waals surface area contributed by atoms with Crippen LogP contribution < -0.4 is 4.74 Å². The van der Waals surface area contributed by atoms with Crippen molar-refractivity contribution in [1.29, 1.82) is 0 Å². The van der Waals surface area contributed by atoms with E-state index in [9.17, 15) is 9.59 Å². The number of carboxylic acids is 1. The summed E-state index contributed by atoms with van der Waals surface area (Å²) in [5.41, 5.74) is 0.252. The van der Waals surface area contributed by atoms with E-state index in [4.69, 9.17) is 14.6 Å². The standard InChI is InChI=1S/C21H24O5/c1-3-5-7-19(26-20(22)6-4-2)14-25-18-11-10-15-12-17(21(23)24)9-8-16(15)13-18/h4,6,8-13,19H,3,5,7,14H2,1-2H3,(H,23,24). The van der Waals surface area contributed by atoms with Crippen LogP contribution >= 0.6 is 0 Å². The number of carboxylic acid groups (broad SMARTS) is 1. The maximum atomic E-state index is 11.7. The number of aromatic carboxylic acids is 1. The number of allylic oxidation sites excluding steroid dienone is 1. The Morgan fingerprint density at radius 1 is 1.15 bits per heavy atom. The zero-order valence-corrected chi connectivity index (χ0v) is 15.1. The number of carbonyl (C=O) groups is 2. The molecule has 2 aromatic rings. The molecule has 0 aromatic heterocycles. The van der Waals surface area contributed by atoms with Gasteiger partial charge in [0.15, 0.2) is 0 Å². The smallest absolute Gasteiger partial charge is 0.335 e. The van der Waals surface area contributed by atoms with Crippen LogP contribution in [0.25, 0.3) is 10.8 Å². The van der Waals surface area contributed by atoms with E-state index in [2.05, 4.69) is 6.92 Å². The lowest BCUT2D eigenvalue weighted by molar-refractivity contribution is -0.144. The van der Waals surface area contributed by atoms with Crippen molar-refractivity contribution in [2.45, 2.75) is 39.2 Å². The van der Waals surface area contributed by atoms with Gasteiger partial charge in [0.2, 0.25) is 0 Å². The summed E-state index contributed by atoms with van der Waals surface area (Å²) < 4.78 is 11.2. The Morgan fingerprint density at radius 3 is 2.58 bits per heavy atom. The molecule has 26 heavy (non-hydrogen) atoms. The van der Waals surface area contributed by atoms with Gasteiger partial charge in [0, 0.05) is 6.08 Å². The molecule has 0 saturated heterocycles. The van der Waals surface area contributed by atoms with Crippen LogP contribution in [-0.4, -0.2) is 29.8 Å². The summed E-state index contributed by atoms with van der Waals surface area (Å²) in [4.78, 5) is 22.7. The number of esters is 1. The van der Waals surface area contributed by atoms with Gasteiger partial charge in [-0.15, -0.1) is 0 Å².